The molecule has 1 heterocycles. The third kappa shape index (κ3) is 4.15. The van der Waals surface area contributed by atoms with Crippen LogP contribution in [0.2, 0.25) is 5.02 Å². The monoisotopic (exact) mass is 287 g/mol. The molecule has 1 unspecified atom stereocenters. The van der Waals surface area contributed by atoms with E-state index in [9.17, 15) is 4.39 Å². The molecule has 1 aromatic carbocycles. The molecule has 0 spiro atoms. The second-order valence-electron chi connectivity index (χ2n) is 4.99. The molecule has 1 aliphatic rings. The molecule has 0 aromatic heterocycles. The van der Waals surface area contributed by atoms with Gasteiger partial charge in [0.1, 0.15) is 5.82 Å². The van der Waals surface area contributed by atoms with Crippen molar-refractivity contribution in [3.8, 4) is 0 Å². The number of benzene rings is 1. The Morgan fingerprint density at radius 3 is 2.78 bits per heavy atom. The van der Waals surface area contributed by atoms with E-state index in [0.29, 0.717) is 5.02 Å². The fraction of sp³-hybridized carbons (Fsp3) is 0.571. The Labute approximate surface area is 117 Å². The second-order valence-corrected chi connectivity index (χ2v) is 6.62. The summed E-state index contributed by atoms with van der Waals surface area (Å²) in [6.45, 7) is 0. The molecule has 1 aliphatic heterocycles. The lowest BCUT2D eigenvalue weighted by Gasteiger charge is -2.24. The maximum atomic E-state index is 12.9. The molecule has 4 heteroatoms. The summed E-state index contributed by atoms with van der Waals surface area (Å²) in [7, 11) is 0. The molecule has 1 saturated heterocycles. The molecule has 100 valence electrons. The molecule has 0 saturated carbocycles. The average molecular weight is 288 g/mol. The molecule has 18 heavy (non-hydrogen) atoms. The van der Waals surface area contributed by atoms with Crippen LogP contribution in [0.15, 0.2) is 18.2 Å². The Morgan fingerprint density at radius 2 is 2.11 bits per heavy atom. The lowest BCUT2D eigenvalue weighted by Crippen LogP contribution is -2.27. The third-order valence-corrected chi connectivity index (χ3v) is 4.87. The Morgan fingerprint density at radius 1 is 1.39 bits per heavy atom. The van der Waals surface area contributed by atoms with E-state index in [4.69, 9.17) is 17.3 Å². The van der Waals surface area contributed by atoms with Gasteiger partial charge < -0.3 is 5.73 Å². The topological polar surface area (TPSA) is 26.0 Å². The van der Waals surface area contributed by atoms with Crippen molar-refractivity contribution in [3.05, 3.63) is 34.6 Å². The van der Waals surface area contributed by atoms with Crippen molar-refractivity contribution in [2.75, 3.05) is 11.5 Å². The quantitative estimate of drug-likeness (QED) is 0.909. The first-order valence-corrected chi connectivity index (χ1v) is 7.95. The molecule has 0 amide bonds. The van der Waals surface area contributed by atoms with E-state index < -0.39 is 0 Å². The van der Waals surface area contributed by atoms with Crippen LogP contribution >= 0.6 is 23.4 Å². The van der Waals surface area contributed by atoms with Crippen LogP contribution in [0.1, 0.15) is 24.8 Å². The van der Waals surface area contributed by atoms with E-state index in [1.165, 1.54) is 36.5 Å². The first-order chi connectivity index (χ1) is 8.65. The van der Waals surface area contributed by atoms with Gasteiger partial charge in [0, 0.05) is 11.1 Å². The van der Waals surface area contributed by atoms with Crippen LogP contribution in [-0.4, -0.2) is 17.5 Å². The van der Waals surface area contributed by atoms with Gasteiger partial charge in [-0.25, -0.2) is 4.39 Å². The summed E-state index contributed by atoms with van der Waals surface area (Å²) >= 11 is 8.05. The van der Waals surface area contributed by atoms with E-state index in [2.05, 4.69) is 0 Å². The fourth-order valence-corrected chi connectivity index (χ4v) is 3.91. The van der Waals surface area contributed by atoms with Gasteiger partial charge in [-0.2, -0.15) is 11.8 Å². The number of halogens is 2. The Hall–Kier alpha value is -0.250. The zero-order valence-corrected chi connectivity index (χ0v) is 11.9. The van der Waals surface area contributed by atoms with Crippen LogP contribution < -0.4 is 5.73 Å². The van der Waals surface area contributed by atoms with Gasteiger partial charge in [0.15, 0.2) is 0 Å². The van der Waals surface area contributed by atoms with Crippen molar-refractivity contribution in [1.29, 1.82) is 0 Å². The van der Waals surface area contributed by atoms with Gasteiger partial charge in [-0.3, -0.25) is 0 Å². The van der Waals surface area contributed by atoms with Crippen LogP contribution in [0, 0.1) is 11.7 Å². The SMILES string of the molecule is NC(Cc1ccc(F)cc1Cl)CC1CCSCC1. The van der Waals surface area contributed by atoms with Gasteiger partial charge in [-0.15, -0.1) is 0 Å². The Kier molecular flexibility index (Phi) is 5.34. The fourth-order valence-electron chi connectivity index (χ4n) is 2.46. The molecular formula is C14H19ClFNS. The lowest BCUT2D eigenvalue weighted by molar-refractivity contribution is 0.406. The predicted octanol–water partition coefficient (Wildman–Crippen LogP) is 3.88. The zero-order chi connectivity index (χ0) is 13.0. The first-order valence-electron chi connectivity index (χ1n) is 6.42. The summed E-state index contributed by atoms with van der Waals surface area (Å²) in [5, 5.41) is 0.490. The molecule has 0 radical (unpaired) electrons. The lowest BCUT2D eigenvalue weighted by atomic mass is 9.91. The van der Waals surface area contributed by atoms with Crippen LogP contribution in [0.5, 0.6) is 0 Å². The van der Waals surface area contributed by atoms with E-state index >= 15 is 0 Å². The highest BCUT2D eigenvalue weighted by Gasteiger charge is 2.17. The van der Waals surface area contributed by atoms with Gasteiger partial charge in [-0.05, 0) is 60.8 Å². The van der Waals surface area contributed by atoms with Gasteiger partial charge in [0.2, 0.25) is 0 Å². The van der Waals surface area contributed by atoms with Crippen molar-refractivity contribution in [3.63, 3.8) is 0 Å². The zero-order valence-electron chi connectivity index (χ0n) is 10.4. The highest BCUT2D eigenvalue weighted by molar-refractivity contribution is 7.99. The normalized spacial score (nSPS) is 18.8. The first kappa shape index (κ1) is 14.2. The molecule has 1 fully saturated rings. The van der Waals surface area contributed by atoms with E-state index in [-0.39, 0.29) is 11.9 Å². The largest absolute Gasteiger partial charge is 0.327 e. The molecule has 0 bridgehead atoms. The number of hydrogen-bond acceptors (Lipinski definition) is 2. The summed E-state index contributed by atoms with van der Waals surface area (Å²) in [4.78, 5) is 0. The highest BCUT2D eigenvalue weighted by atomic mass is 35.5. The van der Waals surface area contributed by atoms with Gasteiger partial charge in [0.05, 0.1) is 0 Å². The molecular weight excluding hydrogens is 269 g/mol. The highest BCUT2D eigenvalue weighted by Crippen LogP contribution is 2.27. The van der Waals surface area contributed by atoms with E-state index in [0.717, 1.165) is 24.3 Å². The van der Waals surface area contributed by atoms with Crippen molar-refractivity contribution in [2.24, 2.45) is 11.7 Å². The van der Waals surface area contributed by atoms with Crippen molar-refractivity contribution < 1.29 is 4.39 Å². The predicted molar refractivity (Wildman–Crippen MR) is 77.8 cm³/mol. The minimum atomic E-state index is -0.290. The van der Waals surface area contributed by atoms with Crippen molar-refractivity contribution >= 4 is 23.4 Å². The van der Waals surface area contributed by atoms with Crippen molar-refractivity contribution in [2.45, 2.75) is 31.7 Å². The van der Waals surface area contributed by atoms with Crippen molar-refractivity contribution in [1.82, 2.24) is 0 Å². The second kappa shape index (κ2) is 6.78. The maximum Gasteiger partial charge on any atom is 0.124 e. The van der Waals surface area contributed by atoms with Gasteiger partial charge in [-0.1, -0.05) is 17.7 Å². The maximum absolute atomic E-state index is 12.9. The smallest absolute Gasteiger partial charge is 0.124 e. The van der Waals surface area contributed by atoms with Crippen LogP contribution in [-0.2, 0) is 6.42 Å². The average Bonchev–Trinajstić information content (AvgIpc) is 2.34. The third-order valence-electron chi connectivity index (χ3n) is 3.47. The van der Waals surface area contributed by atoms with Crippen LogP contribution in [0.3, 0.4) is 0 Å². The molecule has 2 rings (SSSR count). The molecule has 0 aliphatic carbocycles. The standard InChI is InChI=1S/C14H19ClFNS/c15-14-9-12(16)2-1-11(14)8-13(17)7-10-3-5-18-6-4-10/h1-2,9-10,13H,3-8,17H2. The van der Waals surface area contributed by atoms with Crippen LogP contribution in [0.4, 0.5) is 4.39 Å². The molecule has 1 aromatic rings. The molecule has 2 N–H and O–H groups in total. The summed E-state index contributed by atoms with van der Waals surface area (Å²) in [5.74, 6) is 2.98. The summed E-state index contributed by atoms with van der Waals surface area (Å²) < 4.78 is 12.9. The summed E-state index contributed by atoms with van der Waals surface area (Å²) in [5.41, 5.74) is 7.14. The van der Waals surface area contributed by atoms with E-state index in [1.807, 2.05) is 11.8 Å². The number of hydrogen-bond donors (Lipinski definition) is 1. The number of thioether (sulfide) groups is 1. The molecule has 1 nitrogen and oxygen atoms in total. The summed E-state index contributed by atoms with van der Waals surface area (Å²) in [6.07, 6.45) is 4.34. The number of rotatable bonds is 4. The summed E-state index contributed by atoms with van der Waals surface area (Å²) in [6, 6.07) is 4.68. The Balaban J connectivity index is 1.87. The minimum Gasteiger partial charge on any atom is -0.327 e. The van der Waals surface area contributed by atoms with Gasteiger partial charge >= 0.3 is 0 Å². The molecule has 1 atom stereocenters. The van der Waals surface area contributed by atoms with E-state index in [1.54, 1.807) is 6.07 Å². The van der Waals surface area contributed by atoms with Gasteiger partial charge in [0.25, 0.3) is 0 Å². The minimum absolute atomic E-state index is 0.126. The van der Waals surface area contributed by atoms with Crippen LogP contribution in [0.25, 0.3) is 0 Å². The number of nitrogens with two attached hydrogens (primary N) is 1. The Bertz CT molecular complexity index is 393.